The van der Waals surface area contributed by atoms with Gasteiger partial charge in [0.2, 0.25) is 0 Å². The van der Waals surface area contributed by atoms with Gasteiger partial charge in [0.25, 0.3) is 11.8 Å². The fourth-order valence-electron chi connectivity index (χ4n) is 4.65. The van der Waals surface area contributed by atoms with Crippen LogP contribution in [0.4, 0.5) is 0 Å². The van der Waals surface area contributed by atoms with Crippen LogP contribution in [0.25, 0.3) is 10.1 Å². The molecule has 46 heavy (non-hydrogen) atoms. The maximum atomic E-state index is 13.5. The Morgan fingerprint density at radius 2 is 1.13 bits per heavy atom. The molecule has 0 fully saturated rings. The number of thiophene rings is 1. The second-order valence-corrected chi connectivity index (χ2v) is 12.8. The summed E-state index contributed by atoms with van der Waals surface area (Å²) in [6, 6.07) is 19.1. The molecule has 0 aliphatic rings. The van der Waals surface area contributed by atoms with E-state index in [1.807, 2.05) is 58.0 Å². The summed E-state index contributed by atoms with van der Waals surface area (Å²) in [5, 5.41) is 0.804. The minimum Gasteiger partial charge on any atom is -0.493 e. The Hall–Kier alpha value is -4.90. The monoisotopic (exact) mass is 646 g/mol. The van der Waals surface area contributed by atoms with Crippen LogP contribution in [0.1, 0.15) is 83.2 Å². The Kier molecular flexibility index (Phi) is 10.7. The zero-order valence-corrected chi connectivity index (χ0v) is 27.7. The molecule has 0 saturated carbocycles. The Morgan fingerprint density at radius 1 is 0.696 bits per heavy atom. The van der Waals surface area contributed by atoms with Crippen molar-refractivity contribution in [3.8, 4) is 11.5 Å². The summed E-state index contributed by atoms with van der Waals surface area (Å²) in [5.74, 6) is -1.89. The number of hydrogen-bond acceptors (Lipinski definition) is 9. The molecule has 2 amide bonds. The van der Waals surface area contributed by atoms with Gasteiger partial charge in [-0.1, -0.05) is 52.0 Å². The van der Waals surface area contributed by atoms with E-state index in [9.17, 15) is 19.2 Å². The van der Waals surface area contributed by atoms with Crippen molar-refractivity contribution in [1.82, 2.24) is 11.0 Å². The first-order chi connectivity index (χ1) is 21.9. The molecule has 11 heteroatoms. The molecular formula is C35H38N2O8S. The molecule has 0 aliphatic carbocycles. The molecule has 0 spiro atoms. The summed E-state index contributed by atoms with van der Waals surface area (Å²) in [4.78, 5) is 63.6. The maximum absolute atomic E-state index is 13.5. The molecule has 4 rings (SSSR count). The molecule has 0 saturated heterocycles. The van der Waals surface area contributed by atoms with Gasteiger partial charge >= 0.3 is 11.9 Å². The normalized spacial score (nSPS) is 11.3. The van der Waals surface area contributed by atoms with E-state index >= 15 is 0 Å². The van der Waals surface area contributed by atoms with E-state index in [1.54, 1.807) is 36.4 Å². The van der Waals surface area contributed by atoms with E-state index in [0.717, 1.165) is 21.2 Å². The van der Waals surface area contributed by atoms with Crippen molar-refractivity contribution in [2.75, 3.05) is 14.2 Å². The van der Waals surface area contributed by atoms with Crippen molar-refractivity contribution in [3.63, 3.8) is 0 Å². The van der Waals surface area contributed by atoms with Gasteiger partial charge in [-0.05, 0) is 71.7 Å². The van der Waals surface area contributed by atoms with Crippen molar-refractivity contribution < 1.29 is 38.3 Å². The Morgan fingerprint density at radius 3 is 1.54 bits per heavy atom. The fraction of sp³-hybridized carbons (Fsp3) is 0.314. The number of amides is 2. The molecule has 1 aromatic heterocycles. The lowest BCUT2D eigenvalue weighted by molar-refractivity contribution is -0.177. The second kappa shape index (κ2) is 14.5. The number of hydrogen-bond donors (Lipinski definition) is 2. The molecule has 0 radical (unpaired) electrons. The molecule has 242 valence electrons. The van der Waals surface area contributed by atoms with Crippen molar-refractivity contribution in [1.29, 1.82) is 0 Å². The number of methoxy groups -OCH3 is 2. The smallest absolute Gasteiger partial charge is 0.349 e. The summed E-state index contributed by atoms with van der Waals surface area (Å²) < 4.78 is 11.6. The molecule has 4 aromatic rings. The highest BCUT2D eigenvalue weighted by Crippen LogP contribution is 2.38. The van der Waals surface area contributed by atoms with Gasteiger partial charge in [0.05, 0.1) is 14.2 Å². The van der Waals surface area contributed by atoms with Gasteiger partial charge in [-0.15, -0.1) is 11.3 Å². The first-order valence-corrected chi connectivity index (χ1v) is 15.6. The van der Waals surface area contributed by atoms with E-state index in [0.29, 0.717) is 16.4 Å². The Labute approximate surface area is 271 Å². The van der Waals surface area contributed by atoms with Crippen LogP contribution in [0.15, 0.2) is 66.7 Å². The summed E-state index contributed by atoms with van der Waals surface area (Å²) in [6.45, 7) is 9.46. The van der Waals surface area contributed by atoms with E-state index < -0.39 is 29.2 Å². The molecule has 3 aromatic carbocycles. The van der Waals surface area contributed by atoms with Gasteiger partial charge in [0, 0.05) is 33.2 Å². The number of hydroxylamine groups is 2. The van der Waals surface area contributed by atoms with Crippen molar-refractivity contribution in [2.24, 2.45) is 5.41 Å². The predicted molar refractivity (Wildman–Crippen MR) is 175 cm³/mol. The summed E-state index contributed by atoms with van der Waals surface area (Å²) in [5.41, 5.74) is 4.93. The second-order valence-electron chi connectivity index (χ2n) is 11.7. The number of rotatable bonds is 10. The largest absolute Gasteiger partial charge is 0.493 e. The van der Waals surface area contributed by atoms with Crippen molar-refractivity contribution >= 4 is 45.2 Å². The highest BCUT2D eigenvalue weighted by molar-refractivity contribution is 7.19. The molecule has 0 aliphatic heterocycles. The van der Waals surface area contributed by atoms with E-state index in [4.69, 9.17) is 19.1 Å². The molecule has 2 N–H and O–H groups in total. The number of carbonyl (C=O) groups excluding carboxylic acids is 4. The SMILES string of the molecule is COc1cc2cc(CC(C)(C(=O)ONC(=O)c3ccc(C(C)C)cc3)C(=O)ONC(=O)c3ccc(C(C)C)cc3)sc2cc1OC. The maximum Gasteiger partial charge on any atom is 0.349 e. The lowest BCUT2D eigenvalue weighted by Crippen LogP contribution is -2.46. The van der Waals surface area contributed by atoms with Gasteiger partial charge in [0.1, 0.15) is 0 Å². The van der Waals surface area contributed by atoms with Gasteiger partial charge in [0.15, 0.2) is 16.9 Å². The number of benzene rings is 3. The quantitative estimate of drug-likeness (QED) is 0.148. The van der Waals surface area contributed by atoms with Crippen LogP contribution < -0.4 is 20.4 Å². The Bertz CT molecular complexity index is 1610. The third-order valence-corrected chi connectivity index (χ3v) is 8.75. The molecule has 1 heterocycles. The highest BCUT2D eigenvalue weighted by atomic mass is 32.1. The molecular weight excluding hydrogens is 608 g/mol. The number of fused-ring (bicyclic) bond motifs is 1. The minimum atomic E-state index is -1.97. The third-order valence-electron chi connectivity index (χ3n) is 7.65. The van der Waals surface area contributed by atoms with Crippen molar-refractivity contribution in [2.45, 2.75) is 52.9 Å². The molecule has 10 nitrogen and oxygen atoms in total. The first-order valence-electron chi connectivity index (χ1n) is 14.7. The molecule has 0 unspecified atom stereocenters. The zero-order chi connectivity index (χ0) is 33.6. The Balaban J connectivity index is 1.55. The van der Waals surface area contributed by atoms with E-state index in [2.05, 4.69) is 11.0 Å². The highest BCUT2D eigenvalue weighted by Gasteiger charge is 2.46. The van der Waals surface area contributed by atoms with Gasteiger partial charge in [-0.25, -0.2) is 9.59 Å². The van der Waals surface area contributed by atoms with Crippen LogP contribution >= 0.6 is 11.3 Å². The number of nitrogens with one attached hydrogen (secondary N) is 2. The van der Waals surface area contributed by atoms with Gasteiger partial charge < -0.3 is 19.1 Å². The minimum absolute atomic E-state index is 0.160. The van der Waals surface area contributed by atoms with Crippen LogP contribution in [-0.4, -0.2) is 38.0 Å². The van der Waals surface area contributed by atoms with Crippen LogP contribution in [0, 0.1) is 5.41 Å². The van der Waals surface area contributed by atoms with E-state index in [-0.39, 0.29) is 29.4 Å². The van der Waals surface area contributed by atoms with Crippen LogP contribution in [0.2, 0.25) is 0 Å². The zero-order valence-electron chi connectivity index (χ0n) is 26.9. The third kappa shape index (κ3) is 7.66. The lowest BCUT2D eigenvalue weighted by atomic mass is 9.86. The summed E-state index contributed by atoms with van der Waals surface area (Å²) in [7, 11) is 3.06. The number of carbonyl (C=O) groups is 4. The number of ether oxygens (including phenoxy) is 2. The standard InChI is InChI=1S/C35H38N2O8S/c1-20(2)22-8-12-24(13-9-22)31(38)36-44-33(40)35(5,19-27-16-26-17-28(42-6)29(43-7)18-30(26)46-27)34(41)45-37-32(39)25-14-10-23(11-15-25)21(3)4/h8-18,20-21H,19H2,1-7H3,(H,36,38)(H,37,39). The van der Waals surface area contributed by atoms with Crippen LogP contribution in [-0.2, 0) is 25.7 Å². The topological polar surface area (TPSA) is 129 Å². The van der Waals surface area contributed by atoms with E-state index in [1.165, 1.54) is 32.5 Å². The van der Waals surface area contributed by atoms with Crippen molar-refractivity contribution in [3.05, 3.63) is 93.9 Å². The fourth-order valence-corrected chi connectivity index (χ4v) is 5.88. The predicted octanol–water partition coefficient (Wildman–Crippen LogP) is 6.49. The molecule has 0 atom stereocenters. The summed E-state index contributed by atoms with van der Waals surface area (Å²) >= 11 is 1.33. The van der Waals surface area contributed by atoms with Gasteiger partial charge in [-0.2, -0.15) is 11.0 Å². The average Bonchev–Trinajstić information content (AvgIpc) is 3.45. The van der Waals surface area contributed by atoms with Crippen LogP contribution in [0.3, 0.4) is 0 Å². The lowest BCUT2D eigenvalue weighted by Gasteiger charge is -2.24. The average molecular weight is 647 g/mol. The summed E-state index contributed by atoms with van der Waals surface area (Å²) in [6.07, 6.45) is -0.160. The molecule has 0 bridgehead atoms. The van der Waals surface area contributed by atoms with Crippen LogP contribution in [0.5, 0.6) is 11.5 Å². The van der Waals surface area contributed by atoms with Gasteiger partial charge in [-0.3, -0.25) is 9.59 Å². The first kappa shape index (κ1) is 34.0.